The number of benzene rings is 2. The van der Waals surface area contributed by atoms with Crippen molar-refractivity contribution in [3.63, 3.8) is 0 Å². The summed E-state index contributed by atoms with van der Waals surface area (Å²) in [5, 5.41) is 20.9. The maximum Gasteiger partial charge on any atom is 0.124 e. The lowest BCUT2D eigenvalue weighted by Crippen LogP contribution is -1.87. The Bertz CT molecular complexity index is 858. The zero-order valence-corrected chi connectivity index (χ0v) is 12.3. The van der Waals surface area contributed by atoms with Crippen LogP contribution in [0.15, 0.2) is 36.5 Å². The number of hydrogen-bond donors (Lipinski definition) is 2. The summed E-state index contributed by atoms with van der Waals surface area (Å²) in [5.41, 5.74) is 2.75. The van der Waals surface area contributed by atoms with Gasteiger partial charge in [0.05, 0.1) is 22.5 Å². The van der Waals surface area contributed by atoms with Crippen LogP contribution in [0.25, 0.3) is 22.0 Å². The summed E-state index contributed by atoms with van der Waals surface area (Å²) in [5.74, 6) is 0.0799. The Morgan fingerprint density at radius 1 is 1.10 bits per heavy atom. The Morgan fingerprint density at radius 2 is 1.81 bits per heavy atom. The summed E-state index contributed by atoms with van der Waals surface area (Å²) in [7, 11) is 0. The molecule has 0 spiro atoms. The fraction of sp³-hybridized carbons (Fsp3) is 0.0625. The van der Waals surface area contributed by atoms with Crippen molar-refractivity contribution < 1.29 is 5.11 Å². The molecule has 104 valence electrons. The molecular formula is C16H10Cl2N2O. The highest BCUT2D eigenvalue weighted by Gasteiger charge is 2.18. The second-order valence-corrected chi connectivity index (χ2v) is 5.44. The number of halogens is 2. The summed E-state index contributed by atoms with van der Waals surface area (Å²) >= 11 is 12.5. The van der Waals surface area contributed by atoms with Gasteiger partial charge < -0.3 is 10.1 Å². The highest BCUT2D eigenvalue weighted by atomic mass is 35.5. The van der Waals surface area contributed by atoms with Crippen molar-refractivity contribution in [1.82, 2.24) is 4.98 Å². The number of aromatic hydroxyl groups is 1. The van der Waals surface area contributed by atoms with Gasteiger partial charge in [0.1, 0.15) is 5.75 Å². The Kier molecular flexibility index (Phi) is 3.50. The number of nitriles is 1. The largest absolute Gasteiger partial charge is 0.507 e. The lowest BCUT2D eigenvalue weighted by molar-refractivity contribution is 0.478. The standard InChI is InChI=1S/C16H10Cl2N2O/c17-10-2-1-3-11(18)15(10)16-13(21)5-4-12-14(16)9(6-7-19)8-20-12/h1-5,8,20-21H,6H2. The molecule has 0 saturated heterocycles. The predicted octanol–water partition coefficient (Wildman–Crippen LogP) is 4.91. The van der Waals surface area contributed by atoms with E-state index in [1.165, 1.54) is 0 Å². The van der Waals surface area contributed by atoms with Crippen LogP contribution in [0.4, 0.5) is 0 Å². The van der Waals surface area contributed by atoms with Crippen LogP contribution in [0.3, 0.4) is 0 Å². The van der Waals surface area contributed by atoms with E-state index in [0.29, 0.717) is 21.2 Å². The first kappa shape index (κ1) is 13.8. The van der Waals surface area contributed by atoms with Crippen LogP contribution in [-0.2, 0) is 6.42 Å². The molecule has 1 aromatic heterocycles. The van der Waals surface area contributed by atoms with Crippen molar-refractivity contribution in [1.29, 1.82) is 5.26 Å². The van der Waals surface area contributed by atoms with Gasteiger partial charge in [-0.05, 0) is 29.8 Å². The lowest BCUT2D eigenvalue weighted by Gasteiger charge is -2.12. The van der Waals surface area contributed by atoms with E-state index in [9.17, 15) is 5.11 Å². The Hall–Kier alpha value is -2.15. The van der Waals surface area contributed by atoms with Gasteiger partial charge in [0, 0.05) is 28.2 Å². The Labute approximate surface area is 131 Å². The maximum absolute atomic E-state index is 10.3. The molecule has 3 nitrogen and oxygen atoms in total. The van der Waals surface area contributed by atoms with Gasteiger partial charge in [-0.2, -0.15) is 5.26 Å². The molecule has 0 aliphatic heterocycles. The molecule has 0 amide bonds. The van der Waals surface area contributed by atoms with Gasteiger partial charge in [-0.15, -0.1) is 0 Å². The molecular weight excluding hydrogens is 307 g/mol. The van der Waals surface area contributed by atoms with Gasteiger partial charge in [-0.25, -0.2) is 0 Å². The average molecular weight is 317 g/mol. The molecule has 0 radical (unpaired) electrons. The van der Waals surface area contributed by atoms with E-state index in [-0.39, 0.29) is 12.2 Å². The number of aromatic amines is 1. The molecule has 0 bridgehead atoms. The third-order valence-corrected chi connectivity index (χ3v) is 4.02. The van der Waals surface area contributed by atoms with Crippen molar-refractivity contribution in [3.05, 3.63) is 52.1 Å². The fourth-order valence-corrected chi connectivity index (χ4v) is 3.08. The minimum atomic E-state index is 0.0799. The van der Waals surface area contributed by atoms with Crippen LogP contribution in [0, 0.1) is 11.3 Å². The minimum absolute atomic E-state index is 0.0799. The highest BCUT2D eigenvalue weighted by molar-refractivity contribution is 6.40. The number of fused-ring (bicyclic) bond motifs is 1. The number of nitrogens with one attached hydrogen (secondary N) is 1. The van der Waals surface area contributed by atoms with Gasteiger partial charge in [-0.1, -0.05) is 29.3 Å². The molecule has 2 aromatic carbocycles. The molecule has 0 aliphatic rings. The summed E-state index contributed by atoms with van der Waals surface area (Å²) in [4.78, 5) is 3.10. The topological polar surface area (TPSA) is 59.8 Å². The van der Waals surface area contributed by atoms with Gasteiger partial charge in [0.15, 0.2) is 0 Å². The van der Waals surface area contributed by atoms with Crippen LogP contribution in [0.5, 0.6) is 5.75 Å². The van der Waals surface area contributed by atoms with Crippen LogP contribution < -0.4 is 0 Å². The molecule has 0 fully saturated rings. The first-order valence-corrected chi connectivity index (χ1v) is 7.02. The van der Waals surface area contributed by atoms with E-state index >= 15 is 0 Å². The lowest BCUT2D eigenvalue weighted by atomic mass is 9.97. The summed E-state index contributed by atoms with van der Waals surface area (Å²) in [6.07, 6.45) is 2.00. The van der Waals surface area contributed by atoms with E-state index in [2.05, 4.69) is 11.1 Å². The second kappa shape index (κ2) is 5.33. The number of phenolic OH excluding ortho intramolecular Hbond substituents is 1. The average Bonchev–Trinajstić information content (AvgIpc) is 2.85. The number of hydrogen-bond acceptors (Lipinski definition) is 2. The molecule has 0 aliphatic carbocycles. The molecule has 3 aromatic rings. The van der Waals surface area contributed by atoms with Crippen molar-refractivity contribution >= 4 is 34.1 Å². The molecule has 0 unspecified atom stereocenters. The number of H-pyrrole nitrogens is 1. The van der Waals surface area contributed by atoms with Gasteiger partial charge >= 0.3 is 0 Å². The predicted molar refractivity (Wildman–Crippen MR) is 84.7 cm³/mol. The number of nitrogens with zero attached hydrogens (tertiary/aromatic N) is 1. The van der Waals surface area contributed by atoms with E-state index in [4.69, 9.17) is 28.5 Å². The summed E-state index contributed by atoms with van der Waals surface area (Å²) < 4.78 is 0. The monoisotopic (exact) mass is 316 g/mol. The summed E-state index contributed by atoms with van der Waals surface area (Å²) in [6, 6.07) is 10.7. The second-order valence-electron chi connectivity index (χ2n) is 4.63. The first-order valence-electron chi connectivity index (χ1n) is 6.26. The van der Waals surface area contributed by atoms with Crippen molar-refractivity contribution in [2.75, 3.05) is 0 Å². The maximum atomic E-state index is 10.3. The normalized spacial score (nSPS) is 10.7. The Morgan fingerprint density at radius 3 is 2.48 bits per heavy atom. The zero-order chi connectivity index (χ0) is 15.0. The summed E-state index contributed by atoms with van der Waals surface area (Å²) in [6.45, 7) is 0. The first-order chi connectivity index (χ1) is 10.1. The highest BCUT2D eigenvalue weighted by Crippen LogP contribution is 2.44. The number of aromatic nitrogens is 1. The van der Waals surface area contributed by atoms with Crippen molar-refractivity contribution in [3.8, 4) is 22.9 Å². The molecule has 0 atom stereocenters. The van der Waals surface area contributed by atoms with Crippen LogP contribution in [-0.4, -0.2) is 10.1 Å². The quantitative estimate of drug-likeness (QED) is 0.705. The molecule has 5 heteroatoms. The van der Waals surface area contributed by atoms with Gasteiger partial charge in [-0.3, -0.25) is 0 Å². The van der Waals surface area contributed by atoms with Crippen LogP contribution >= 0.6 is 23.2 Å². The zero-order valence-electron chi connectivity index (χ0n) is 10.8. The fourth-order valence-electron chi connectivity index (χ4n) is 2.50. The van der Waals surface area contributed by atoms with Crippen LogP contribution in [0.2, 0.25) is 10.0 Å². The smallest absolute Gasteiger partial charge is 0.124 e. The van der Waals surface area contributed by atoms with E-state index < -0.39 is 0 Å². The molecule has 0 saturated carbocycles. The van der Waals surface area contributed by atoms with Gasteiger partial charge in [0.25, 0.3) is 0 Å². The minimum Gasteiger partial charge on any atom is -0.507 e. The molecule has 3 rings (SSSR count). The third kappa shape index (κ3) is 2.23. The Balaban J connectivity index is 2.44. The number of rotatable bonds is 2. The third-order valence-electron chi connectivity index (χ3n) is 3.39. The molecule has 2 N–H and O–H groups in total. The molecule has 1 heterocycles. The van der Waals surface area contributed by atoms with E-state index in [1.807, 2.05) is 0 Å². The SMILES string of the molecule is N#CCc1c[nH]c2ccc(O)c(-c3c(Cl)cccc3Cl)c12. The van der Waals surface area contributed by atoms with E-state index in [1.54, 1.807) is 36.5 Å². The molecule has 21 heavy (non-hydrogen) atoms. The van der Waals surface area contributed by atoms with Gasteiger partial charge in [0.2, 0.25) is 0 Å². The van der Waals surface area contributed by atoms with Crippen molar-refractivity contribution in [2.45, 2.75) is 6.42 Å². The number of phenols is 1. The van der Waals surface area contributed by atoms with E-state index in [0.717, 1.165) is 16.5 Å². The van der Waals surface area contributed by atoms with Crippen molar-refractivity contribution in [2.24, 2.45) is 0 Å². The van der Waals surface area contributed by atoms with Crippen LogP contribution in [0.1, 0.15) is 5.56 Å².